The third-order valence-corrected chi connectivity index (χ3v) is 2.16. The molecule has 110 valence electrons. The maximum atomic E-state index is 11.4. The maximum absolute atomic E-state index is 11.4. The number of carbonyl (C=O) groups is 3. The summed E-state index contributed by atoms with van der Waals surface area (Å²) < 4.78 is 14.1. The van der Waals surface area contributed by atoms with Gasteiger partial charge in [0.25, 0.3) is 0 Å². The van der Waals surface area contributed by atoms with Crippen LogP contribution >= 0.6 is 0 Å². The molecule has 19 heavy (non-hydrogen) atoms. The van der Waals surface area contributed by atoms with Gasteiger partial charge in [-0.3, -0.25) is 9.59 Å². The molecule has 1 atom stereocenters. The SMILES string of the molecule is COCCOCC(=O)N[C@H](CCC(=O)OC)C(=O)O. The van der Waals surface area contributed by atoms with Crippen molar-refractivity contribution in [2.75, 3.05) is 34.0 Å². The van der Waals surface area contributed by atoms with Gasteiger partial charge in [0.1, 0.15) is 12.6 Å². The van der Waals surface area contributed by atoms with Crippen molar-refractivity contribution in [3.63, 3.8) is 0 Å². The van der Waals surface area contributed by atoms with Gasteiger partial charge >= 0.3 is 11.9 Å². The summed E-state index contributed by atoms with van der Waals surface area (Å²) in [6.45, 7) is 0.327. The van der Waals surface area contributed by atoms with Crippen LogP contribution in [0.2, 0.25) is 0 Å². The lowest BCUT2D eigenvalue weighted by molar-refractivity contribution is -0.144. The Bertz CT molecular complexity index is 305. The Kier molecular flexibility index (Phi) is 9.37. The highest BCUT2D eigenvalue weighted by Crippen LogP contribution is 1.99. The van der Waals surface area contributed by atoms with Crippen molar-refractivity contribution < 1.29 is 33.7 Å². The molecule has 0 spiro atoms. The second-order valence-electron chi connectivity index (χ2n) is 3.62. The molecule has 0 radical (unpaired) electrons. The van der Waals surface area contributed by atoms with Gasteiger partial charge in [0.2, 0.25) is 5.91 Å². The van der Waals surface area contributed by atoms with Gasteiger partial charge in [-0.15, -0.1) is 0 Å². The Morgan fingerprint density at radius 1 is 1.21 bits per heavy atom. The van der Waals surface area contributed by atoms with Crippen LogP contribution in [0.3, 0.4) is 0 Å². The van der Waals surface area contributed by atoms with E-state index in [1.54, 1.807) is 0 Å². The van der Waals surface area contributed by atoms with Gasteiger partial charge in [-0.05, 0) is 6.42 Å². The number of hydrogen-bond acceptors (Lipinski definition) is 6. The van der Waals surface area contributed by atoms with E-state index in [9.17, 15) is 14.4 Å². The second-order valence-corrected chi connectivity index (χ2v) is 3.62. The van der Waals surface area contributed by atoms with Crippen molar-refractivity contribution in [2.24, 2.45) is 0 Å². The molecule has 0 heterocycles. The van der Waals surface area contributed by atoms with Gasteiger partial charge in [0, 0.05) is 13.5 Å². The molecule has 8 nitrogen and oxygen atoms in total. The van der Waals surface area contributed by atoms with Crippen molar-refractivity contribution in [2.45, 2.75) is 18.9 Å². The first-order valence-corrected chi connectivity index (χ1v) is 5.67. The predicted molar refractivity (Wildman–Crippen MR) is 63.5 cm³/mol. The average molecular weight is 277 g/mol. The van der Waals surface area contributed by atoms with Crippen molar-refractivity contribution >= 4 is 17.8 Å². The molecule has 0 saturated heterocycles. The first-order chi connectivity index (χ1) is 9.01. The van der Waals surface area contributed by atoms with Crippen molar-refractivity contribution in [3.05, 3.63) is 0 Å². The average Bonchev–Trinajstić information content (AvgIpc) is 2.38. The fourth-order valence-corrected chi connectivity index (χ4v) is 1.16. The number of esters is 1. The highest BCUT2D eigenvalue weighted by atomic mass is 16.5. The van der Waals surface area contributed by atoms with Crippen LogP contribution in [0.15, 0.2) is 0 Å². The van der Waals surface area contributed by atoms with E-state index in [1.165, 1.54) is 14.2 Å². The largest absolute Gasteiger partial charge is 0.480 e. The molecule has 0 aliphatic heterocycles. The van der Waals surface area contributed by atoms with Crippen LogP contribution in [0.25, 0.3) is 0 Å². The number of aliphatic carboxylic acids is 1. The highest BCUT2D eigenvalue weighted by molar-refractivity contribution is 5.84. The summed E-state index contributed by atoms with van der Waals surface area (Å²) >= 11 is 0. The molecular formula is C11H19NO7. The minimum atomic E-state index is -1.21. The molecule has 0 fully saturated rings. The smallest absolute Gasteiger partial charge is 0.326 e. The maximum Gasteiger partial charge on any atom is 0.326 e. The Labute approximate surface area is 111 Å². The Balaban J connectivity index is 4.01. The van der Waals surface area contributed by atoms with E-state index in [2.05, 4.69) is 10.1 Å². The van der Waals surface area contributed by atoms with Gasteiger partial charge in [0.05, 0.1) is 20.3 Å². The quantitative estimate of drug-likeness (QED) is 0.396. The third kappa shape index (κ3) is 8.97. The van der Waals surface area contributed by atoms with Gasteiger partial charge in [-0.2, -0.15) is 0 Å². The highest BCUT2D eigenvalue weighted by Gasteiger charge is 2.21. The zero-order chi connectivity index (χ0) is 14.7. The molecule has 0 saturated carbocycles. The summed E-state index contributed by atoms with van der Waals surface area (Å²) in [7, 11) is 2.71. The van der Waals surface area contributed by atoms with E-state index in [4.69, 9.17) is 14.6 Å². The number of hydrogen-bond donors (Lipinski definition) is 2. The van der Waals surface area contributed by atoms with E-state index < -0.39 is 23.9 Å². The molecular weight excluding hydrogens is 258 g/mol. The molecule has 0 aliphatic carbocycles. The van der Waals surface area contributed by atoms with E-state index >= 15 is 0 Å². The number of rotatable bonds is 10. The molecule has 2 N–H and O–H groups in total. The number of carbonyl (C=O) groups excluding carboxylic acids is 2. The lowest BCUT2D eigenvalue weighted by Gasteiger charge is -2.13. The van der Waals surface area contributed by atoms with E-state index in [0.29, 0.717) is 6.61 Å². The van der Waals surface area contributed by atoms with Crippen LogP contribution in [0.5, 0.6) is 0 Å². The van der Waals surface area contributed by atoms with E-state index in [0.717, 1.165) is 0 Å². The van der Waals surface area contributed by atoms with Gasteiger partial charge in [-0.1, -0.05) is 0 Å². The monoisotopic (exact) mass is 277 g/mol. The Morgan fingerprint density at radius 3 is 2.42 bits per heavy atom. The fraction of sp³-hybridized carbons (Fsp3) is 0.727. The molecule has 0 aromatic heterocycles. The lowest BCUT2D eigenvalue weighted by atomic mass is 10.1. The number of methoxy groups -OCH3 is 2. The first kappa shape index (κ1) is 17.3. The second kappa shape index (κ2) is 10.3. The first-order valence-electron chi connectivity index (χ1n) is 5.67. The molecule has 0 aliphatic rings. The molecule has 0 unspecified atom stereocenters. The Morgan fingerprint density at radius 2 is 1.89 bits per heavy atom. The summed E-state index contributed by atoms with van der Waals surface area (Å²) in [5, 5.41) is 11.2. The number of carboxylic acid groups (broad SMARTS) is 1. The van der Waals surface area contributed by atoms with Crippen molar-refractivity contribution in [1.29, 1.82) is 0 Å². The van der Waals surface area contributed by atoms with Crippen LogP contribution in [-0.4, -0.2) is 63.0 Å². The topological polar surface area (TPSA) is 111 Å². The molecule has 8 heteroatoms. The van der Waals surface area contributed by atoms with Crippen LogP contribution in [0, 0.1) is 0 Å². The molecule has 0 aromatic carbocycles. The van der Waals surface area contributed by atoms with Gasteiger partial charge < -0.3 is 24.6 Å². The fourth-order valence-electron chi connectivity index (χ4n) is 1.16. The summed E-state index contributed by atoms with van der Waals surface area (Å²) in [4.78, 5) is 33.2. The van der Waals surface area contributed by atoms with Crippen LogP contribution < -0.4 is 5.32 Å². The normalized spacial score (nSPS) is 11.7. The van der Waals surface area contributed by atoms with E-state index in [-0.39, 0.29) is 26.1 Å². The van der Waals surface area contributed by atoms with E-state index in [1.807, 2.05) is 0 Å². The van der Waals surface area contributed by atoms with Crippen LogP contribution in [0.1, 0.15) is 12.8 Å². The Hall–Kier alpha value is -1.67. The molecule has 0 rings (SSSR count). The van der Waals surface area contributed by atoms with Crippen molar-refractivity contribution in [3.8, 4) is 0 Å². The zero-order valence-electron chi connectivity index (χ0n) is 11.0. The van der Waals surface area contributed by atoms with Crippen LogP contribution in [0.4, 0.5) is 0 Å². The molecule has 0 aromatic rings. The minimum Gasteiger partial charge on any atom is -0.480 e. The van der Waals surface area contributed by atoms with Gasteiger partial charge in [0.15, 0.2) is 0 Å². The van der Waals surface area contributed by atoms with Crippen LogP contribution in [-0.2, 0) is 28.6 Å². The van der Waals surface area contributed by atoms with Gasteiger partial charge in [-0.25, -0.2) is 4.79 Å². The number of carboxylic acids is 1. The number of amides is 1. The standard InChI is InChI=1S/C11H19NO7/c1-17-5-6-19-7-9(13)12-8(11(15)16)3-4-10(14)18-2/h8H,3-7H2,1-2H3,(H,12,13)(H,15,16)/t8-/m1/s1. The molecule has 1 amide bonds. The summed E-state index contributed by atoms with van der Waals surface area (Å²) in [6, 6.07) is -1.14. The predicted octanol–water partition coefficient (Wildman–Crippen LogP) is -0.828. The number of ether oxygens (including phenoxy) is 3. The summed E-state index contributed by atoms with van der Waals surface area (Å²) in [6.07, 6.45) is -0.121. The lowest BCUT2D eigenvalue weighted by Crippen LogP contribution is -2.42. The molecule has 0 bridgehead atoms. The summed E-state index contributed by atoms with van der Waals surface area (Å²) in [5.41, 5.74) is 0. The number of nitrogens with one attached hydrogen (secondary N) is 1. The minimum absolute atomic E-state index is 0.0359. The third-order valence-electron chi connectivity index (χ3n) is 2.16. The summed E-state index contributed by atoms with van der Waals surface area (Å²) in [5.74, 6) is -2.31. The van der Waals surface area contributed by atoms with Crippen molar-refractivity contribution in [1.82, 2.24) is 5.32 Å². The zero-order valence-corrected chi connectivity index (χ0v) is 11.0.